The number of carbonyl (C=O) groups excluding carboxylic acids is 3. The number of nitrogens with one attached hydrogen (secondary N) is 2. The average molecular weight is 362 g/mol. The maximum atomic E-state index is 12.8. The molecule has 1 aromatic rings. The monoisotopic (exact) mass is 362 g/mol. The number of hydrogen-bond acceptors (Lipinski definition) is 5. The number of nitrogens with zero attached hydrogens (tertiary/aromatic N) is 2. The van der Waals surface area contributed by atoms with Gasteiger partial charge in [-0.05, 0) is 19.4 Å². The summed E-state index contributed by atoms with van der Waals surface area (Å²) >= 11 is 0. The van der Waals surface area contributed by atoms with Crippen LogP contribution in [0.5, 0.6) is 0 Å². The number of aromatic amines is 1. The highest BCUT2D eigenvalue weighted by molar-refractivity contribution is 6.00. The van der Waals surface area contributed by atoms with E-state index in [0.717, 1.165) is 0 Å². The van der Waals surface area contributed by atoms with Gasteiger partial charge in [-0.1, -0.05) is 6.08 Å². The number of aromatic nitrogens is 1. The van der Waals surface area contributed by atoms with Crippen molar-refractivity contribution >= 4 is 17.8 Å². The van der Waals surface area contributed by atoms with Crippen molar-refractivity contribution in [1.82, 2.24) is 20.1 Å². The smallest absolute Gasteiger partial charge is 0.339 e. The molecule has 0 atom stereocenters. The van der Waals surface area contributed by atoms with Gasteiger partial charge in [-0.15, -0.1) is 6.58 Å². The Morgan fingerprint density at radius 1 is 1.23 bits per heavy atom. The number of aryl methyl sites for hydroxylation is 1. The van der Waals surface area contributed by atoms with Crippen molar-refractivity contribution < 1.29 is 19.1 Å². The molecule has 1 aliphatic heterocycles. The molecule has 0 aliphatic carbocycles. The van der Waals surface area contributed by atoms with E-state index in [0.29, 0.717) is 61.8 Å². The SMILES string of the molecule is C=CCNC(=O)CN1CCN(C(=O)c2[nH]c(C)c(C(=O)OC)c2C)CC1. The van der Waals surface area contributed by atoms with Crippen LogP contribution in [0, 0.1) is 13.8 Å². The number of esters is 1. The van der Waals surface area contributed by atoms with Gasteiger partial charge in [0, 0.05) is 38.4 Å². The predicted molar refractivity (Wildman–Crippen MR) is 97.2 cm³/mol. The van der Waals surface area contributed by atoms with Crippen molar-refractivity contribution in [2.75, 3.05) is 46.4 Å². The number of carbonyl (C=O) groups is 3. The van der Waals surface area contributed by atoms with E-state index < -0.39 is 5.97 Å². The number of methoxy groups -OCH3 is 1. The molecular weight excluding hydrogens is 336 g/mol. The van der Waals surface area contributed by atoms with Crippen LogP contribution in [0.15, 0.2) is 12.7 Å². The zero-order valence-corrected chi connectivity index (χ0v) is 15.6. The first-order valence-electron chi connectivity index (χ1n) is 8.55. The molecule has 8 heteroatoms. The van der Waals surface area contributed by atoms with Gasteiger partial charge in [0.1, 0.15) is 5.69 Å². The molecule has 8 nitrogen and oxygen atoms in total. The molecule has 0 unspecified atom stereocenters. The molecule has 0 bridgehead atoms. The van der Waals surface area contributed by atoms with Gasteiger partial charge in [-0.25, -0.2) is 4.79 Å². The molecule has 142 valence electrons. The molecule has 0 radical (unpaired) electrons. The lowest BCUT2D eigenvalue weighted by Gasteiger charge is -2.34. The van der Waals surface area contributed by atoms with Crippen molar-refractivity contribution in [2.45, 2.75) is 13.8 Å². The van der Waals surface area contributed by atoms with Crippen molar-refractivity contribution in [3.05, 3.63) is 35.2 Å². The predicted octanol–water partition coefficient (Wildman–Crippen LogP) is 0.478. The average Bonchev–Trinajstić information content (AvgIpc) is 2.93. The molecule has 1 fully saturated rings. The first-order chi connectivity index (χ1) is 12.4. The quantitative estimate of drug-likeness (QED) is 0.567. The Balaban J connectivity index is 1.97. The lowest BCUT2D eigenvalue weighted by Crippen LogP contribution is -2.51. The number of ether oxygens (including phenoxy) is 1. The summed E-state index contributed by atoms with van der Waals surface area (Å²) in [5.41, 5.74) is 2.05. The molecule has 0 aromatic carbocycles. The van der Waals surface area contributed by atoms with E-state index in [1.807, 2.05) is 4.90 Å². The Hall–Kier alpha value is -2.61. The van der Waals surface area contributed by atoms with Crippen molar-refractivity contribution in [1.29, 1.82) is 0 Å². The second-order valence-electron chi connectivity index (χ2n) is 6.28. The van der Waals surface area contributed by atoms with Crippen LogP contribution in [-0.4, -0.2) is 78.9 Å². The zero-order chi connectivity index (χ0) is 19.3. The summed E-state index contributed by atoms with van der Waals surface area (Å²) < 4.78 is 4.78. The molecule has 2 rings (SSSR count). The molecular formula is C18H26N4O4. The maximum absolute atomic E-state index is 12.8. The van der Waals surface area contributed by atoms with Crippen LogP contribution in [-0.2, 0) is 9.53 Å². The lowest BCUT2D eigenvalue weighted by atomic mass is 10.1. The Morgan fingerprint density at radius 2 is 1.88 bits per heavy atom. The molecule has 2 N–H and O–H groups in total. The third kappa shape index (κ3) is 4.32. The van der Waals surface area contributed by atoms with Gasteiger partial charge < -0.3 is 19.9 Å². The van der Waals surface area contributed by atoms with Gasteiger partial charge >= 0.3 is 5.97 Å². The largest absolute Gasteiger partial charge is 0.465 e. The summed E-state index contributed by atoms with van der Waals surface area (Å²) in [5, 5.41) is 2.74. The highest BCUT2D eigenvalue weighted by atomic mass is 16.5. The van der Waals surface area contributed by atoms with Crippen LogP contribution in [0.1, 0.15) is 32.1 Å². The minimum atomic E-state index is -0.453. The number of hydrogen-bond donors (Lipinski definition) is 2. The molecule has 0 saturated carbocycles. The van der Waals surface area contributed by atoms with E-state index >= 15 is 0 Å². The van der Waals surface area contributed by atoms with E-state index in [-0.39, 0.29) is 11.8 Å². The Kier molecular flexibility index (Phi) is 6.57. The highest BCUT2D eigenvalue weighted by Crippen LogP contribution is 2.20. The van der Waals surface area contributed by atoms with E-state index in [1.54, 1.807) is 24.8 Å². The van der Waals surface area contributed by atoms with Crippen LogP contribution < -0.4 is 5.32 Å². The second kappa shape index (κ2) is 8.66. The summed E-state index contributed by atoms with van der Waals surface area (Å²) in [7, 11) is 1.32. The summed E-state index contributed by atoms with van der Waals surface area (Å²) in [4.78, 5) is 43.2. The van der Waals surface area contributed by atoms with Gasteiger partial charge in [-0.2, -0.15) is 0 Å². The topological polar surface area (TPSA) is 94.7 Å². The standard InChI is InChI=1S/C18H26N4O4/c1-5-6-19-14(23)11-21-7-9-22(10-8-21)17(24)16-12(2)15(13(3)20-16)18(25)26-4/h5,20H,1,6-11H2,2-4H3,(H,19,23). The molecule has 0 spiro atoms. The van der Waals surface area contributed by atoms with E-state index in [9.17, 15) is 14.4 Å². The Labute approximate surface area is 153 Å². The van der Waals surface area contributed by atoms with Gasteiger partial charge in [0.2, 0.25) is 5.91 Å². The number of rotatable bonds is 6. The van der Waals surface area contributed by atoms with Crippen LogP contribution in [0.3, 0.4) is 0 Å². The van der Waals surface area contributed by atoms with Gasteiger partial charge in [0.15, 0.2) is 0 Å². The van der Waals surface area contributed by atoms with E-state index in [4.69, 9.17) is 4.74 Å². The van der Waals surface area contributed by atoms with E-state index in [2.05, 4.69) is 16.9 Å². The minimum Gasteiger partial charge on any atom is -0.465 e. The third-order valence-corrected chi connectivity index (χ3v) is 4.51. The minimum absolute atomic E-state index is 0.0526. The Bertz CT molecular complexity index is 702. The first-order valence-corrected chi connectivity index (χ1v) is 8.55. The number of H-pyrrole nitrogens is 1. The zero-order valence-electron chi connectivity index (χ0n) is 15.6. The van der Waals surface area contributed by atoms with Gasteiger partial charge in [0.05, 0.1) is 19.2 Å². The molecule has 1 aromatic heterocycles. The van der Waals surface area contributed by atoms with Gasteiger partial charge in [0.25, 0.3) is 5.91 Å². The van der Waals surface area contributed by atoms with Crippen LogP contribution in [0.2, 0.25) is 0 Å². The number of piperazine rings is 1. The maximum Gasteiger partial charge on any atom is 0.339 e. The summed E-state index contributed by atoms with van der Waals surface area (Å²) in [6, 6.07) is 0. The summed E-state index contributed by atoms with van der Waals surface area (Å²) in [6.07, 6.45) is 1.64. The molecule has 1 aliphatic rings. The fourth-order valence-corrected chi connectivity index (χ4v) is 3.08. The van der Waals surface area contributed by atoms with Crippen LogP contribution in [0.25, 0.3) is 0 Å². The highest BCUT2D eigenvalue weighted by Gasteiger charge is 2.28. The fourth-order valence-electron chi connectivity index (χ4n) is 3.08. The van der Waals surface area contributed by atoms with Gasteiger partial charge in [-0.3, -0.25) is 14.5 Å². The fraction of sp³-hybridized carbons (Fsp3) is 0.500. The summed E-state index contributed by atoms with van der Waals surface area (Å²) in [6.45, 7) is 10.1. The lowest BCUT2D eigenvalue weighted by molar-refractivity contribution is -0.122. The third-order valence-electron chi connectivity index (χ3n) is 4.51. The molecule has 26 heavy (non-hydrogen) atoms. The van der Waals surface area contributed by atoms with Crippen molar-refractivity contribution in [3.63, 3.8) is 0 Å². The van der Waals surface area contributed by atoms with Crippen LogP contribution >= 0.6 is 0 Å². The van der Waals surface area contributed by atoms with Crippen molar-refractivity contribution in [2.24, 2.45) is 0 Å². The first kappa shape index (κ1) is 19.7. The summed E-state index contributed by atoms with van der Waals surface area (Å²) in [5.74, 6) is -0.648. The second-order valence-corrected chi connectivity index (χ2v) is 6.28. The van der Waals surface area contributed by atoms with Crippen LogP contribution in [0.4, 0.5) is 0 Å². The molecule has 2 amide bonds. The van der Waals surface area contributed by atoms with Crippen molar-refractivity contribution in [3.8, 4) is 0 Å². The molecule has 1 saturated heterocycles. The normalized spacial score (nSPS) is 14.8. The molecule has 2 heterocycles. The Morgan fingerprint density at radius 3 is 2.46 bits per heavy atom. The number of amides is 2. The van der Waals surface area contributed by atoms with E-state index in [1.165, 1.54) is 7.11 Å².